The molecular weight excluding hydrogens is 442 g/mol. The van der Waals surface area contributed by atoms with Crippen molar-refractivity contribution in [2.45, 2.75) is 31.1 Å². The van der Waals surface area contributed by atoms with Crippen molar-refractivity contribution in [1.29, 1.82) is 0 Å². The molecule has 0 fully saturated rings. The van der Waals surface area contributed by atoms with Crippen LogP contribution in [0.25, 0.3) is 0 Å². The Labute approximate surface area is 184 Å². The molecule has 9 heteroatoms. The highest BCUT2D eigenvalue weighted by atomic mass is 35.5. The van der Waals surface area contributed by atoms with Gasteiger partial charge in [0.25, 0.3) is 15.9 Å². The van der Waals surface area contributed by atoms with Crippen LogP contribution in [0, 0.1) is 5.92 Å². The van der Waals surface area contributed by atoms with Crippen LogP contribution in [0.4, 0.5) is 10.8 Å². The summed E-state index contributed by atoms with van der Waals surface area (Å²) in [6.07, 6.45) is 3.08. The number of benzene rings is 2. The van der Waals surface area contributed by atoms with Gasteiger partial charge in [-0.1, -0.05) is 18.5 Å². The molecule has 156 valence electrons. The molecule has 0 saturated heterocycles. The Balaban J connectivity index is 1.43. The van der Waals surface area contributed by atoms with Crippen LogP contribution >= 0.6 is 22.9 Å². The molecule has 4 rings (SSSR count). The van der Waals surface area contributed by atoms with Crippen LogP contribution in [0.1, 0.15) is 34.3 Å². The topological polar surface area (TPSA) is 88.2 Å². The SMILES string of the molecule is CC1CCc2nc(NC(=O)c3ccc(NS(=O)(=O)c4ccc(Cl)cc4)cc3)sc2C1. The van der Waals surface area contributed by atoms with E-state index in [9.17, 15) is 13.2 Å². The predicted molar refractivity (Wildman–Crippen MR) is 120 cm³/mol. The fourth-order valence-electron chi connectivity index (χ4n) is 3.28. The molecular formula is C21H20ClN3O3S2. The van der Waals surface area contributed by atoms with Gasteiger partial charge in [0.15, 0.2) is 5.13 Å². The number of anilines is 2. The number of carbonyl (C=O) groups excluding carboxylic acids is 1. The number of halogens is 1. The van der Waals surface area contributed by atoms with E-state index in [0.717, 1.165) is 25.0 Å². The maximum atomic E-state index is 12.5. The molecule has 1 heterocycles. The lowest BCUT2D eigenvalue weighted by Gasteiger charge is -2.15. The van der Waals surface area contributed by atoms with Gasteiger partial charge in [-0.3, -0.25) is 14.8 Å². The average Bonchev–Trinajstić information content (AvgIpc) is 3.09. The minimum atomic E-state index is -3.74. The number of sulfonamides is 1. The summed E-state index contributed by atoms with van der Waals surface area (Å²) in [4.78, 5) is 18.4. The first-order chi connectivity index (χ1) is 14.3. The second-order valence-corrected chi connectivity index (χ2v) is 10.5. The third kappa shape index (κ3) is 4.66. The van der Waals surface area contributed by atoms with E-state index in [0.29, 0.717) is 27.3 Å². The van der Waals surface area contributed by atoms with E-state index >= 15 is 0 Å². The molecule has 6 nitrogen and oxygen atoms in total. The van der Waals surface area contributed by atoms with E-state index in [1.165, 1.54) is 40.5 Å². The number of fused-ring (bicyclic) bond motifs is 1. The molecule has 2 N–H and O–H groups in total. The first-order valence-electron chi connectivity index (χ1n) is 9.48. The van der Waals surface area contributed by atoms with Crippen molar-refractivity contribution in [3.63, 3.8) is 0 Å². The predicted octanol–water partition coefficient (Wildman–Crippen LogP) is 4.97. The summed E-state index contributed by atoms with van der Waals surface area (Å²) < 4.78 is 27.4. The fourth-order valence-corrected chi connectivity index (χ4v) is 5.63. The van der Waals surface area contributed by atoms with Crippen molar-refractivity contribution in [2.75, 3.05) is 10.0 Å². The van der Waals surface area contributed by atoms with Crippen molar-refractivity contribution in [3.05, 3.63) is 69.7 Å². The molecule has 0 bridgehead atoms. The molecule has 30 heavy (non-hydrogen) atoms. The Morgan fingerprint density at radius 2 is 1.83 bits per heavy atom. The molecule has 1 atom stereocenters. The largest absolute Gasteiger partial charge is 0.298 e. The van der Waals surface area contributed by atoms with Crippen LogP contribution < -0.4 is 10.0 Å². The molecule has 1 unspecified atom stereocenters. The third-order valence-electron chi connectivity index (χ3n) is 4.93. The Morgan fingerprint density at radius 3 is 2.53 bits per heavy atom. The van der Waals surface area contributed by atoms with E-state index < -0.39 is 10.0 Å². The van der Waals surface area contributed by atoms with Gasteiger partial charge < -0.3 is 0 Å². The molecule has 1 amide bonds. The first-order valence-corrected chi connectivity index (χ1v) is 12.2. The Kier molecular flexibility index (Phi) is 5.81. The highest BCUT2D eigenvalue weighted by Crippen LogP contribution is 2.32. The number of aromatic nitrogens is 1. The van der Waals surface area contributed by atoms with Gasteiger partial charge in [0.1, 0.15) is 0 Å². The lowest BCUT2D eigenvalue weighted by atomic mass is 9.93. The quantitative estimate of drug-likeness (QED) is 0.561. The molecule has 0 aliphatic heterocycles. The van der Waals surface area contributed by atoms with Gasteiger partial charge in [0, 0.05) is 21.2 Å². The molecule has 1 aliphatic rings. The Morgan fingerprint density at radius 1 is 1.13 bits per heavy atom. The molecule has 0 spiro atoms. The number of rotatable bonds is 5. The lowest BCUT2D eigenvalue weighted by Crippen LogP contribution is -2.14. The number of nitrogens with zero attached hydrogens (tertiary/aromatic N) is 1. The van der Waals surface area contributed by atoms with Crippen LogP contribution in [0.3, 0.4) is 0 Å². The molecule has 0 radical (unpaired) electrons. The molecule has 0 saturated carbocycles. The Bertz CT molecular complexity index is 1170. The van der Waals surface area contributed by atoms with Gasteiger partial charge in [0.05, 0.1) is 10.6 Å². The molecule has 3 aromatic rings. The van der Waals surface area contributed by atoms with E-state index in [1.807, 2.05) is 0 Å². The highest BCUT2D eigenvalue weighted by Gasteiger charge is 2.21. The number of carbonyl (C=O) groups is 1. The van der Waals surface area contributed by atoms with Crippen molar-refractivity contribution in [3.8, 4) is 0 Å². The average molecular weight is 462 g/mol. The third-order valence-corrected chi connectivity index (χ3v) is 7.61. The van der Waals surface area contributed by atoms with E-state index in [4.69, 9.17) is 11.6 Å². The van der Waals surface area contributed by atoms with Crippen LogP contribution in [0.5, 0.6) is 0 Å². The number of hydrogen-bond acceptors (Lipinski definition) is 5. The van der Waals surface area contributed by atoms with Crippen molar-refractivity contribution < 1.29 is 13.2 Å². The second kappa shape index (κ2) is 8.37. The van der Waals surface area contributed by atoms with E-state index in [1.54, 1.807) is 24.3 Å². The number of hydrogen-bond donors (Lipinski definition) is 2. The molecule has 1 aromatic heterocycles. The summed E-state index contributed by atoms with van der Waals surface area (Å²) in [5.41, 5.74) is 1.87. The molecule has 1 aliphatic carbocycles. The summed E-state index contributed by atoms with van der Waals surface area (Å²) in [5.74, 6) is 0.368. The minimum Gasteiger partial charge on any atom is -0.298 e. The standard InChI is InChI=1S/C21H20ClN3O3S2/c1-13-2-11-18-19(12-13)29-21(23-18)24-20(26)14-3-7-16(8-4-14)25-30(27,28)17-9-5-15(22)6-10-17/h3-10,13,25H,2,11-12H2,1H3,(H,23,24,26). The summed E-state index contributed by atoms with van der Waals surface area (Å²) in [5, 5.41) is 3.91. The van der Waals surface area contributed by atoms with Gasteiger partial charge in [0.2, 0.25) is 0 Å². The summed E-state index contributed by atoms with van der Waals surface area (Å²) in [7, 11) is -3.74. The zero-order valence-corrected chi connectivity index (χ0v) is 18.6. The number of thiazole rings is 1. The number of nitrogens with one attached hydrogen (secondary N) is 2. The zero-order valence-electron chi connectivity index (χ0n) is 16.2. The van der Waals surface area contributed by atoms with Gasteiger partial charge in [-0.15, -0.1) is 11.3 Å². The maximum absolute atomic E-state index is 12.5. The highest BCUT2D eigenvalue weighted by molar-refractivity contribution is 7.92. The van der Waals surface area contributed by atoms with Crippen LogP contribution in [-0.4, -0.2) is 19.3 Å². The number of aryl methyl sites for hydroxylation is 1. The summed E-state index contributed by atoms with van der Waals surface area (Å²) in [6.45, 7) is 2.23. The van der Waals surface area contributed by atoms with Crippen LogP contribution in [-0.2, 0) is 22.9 Å². The molecule has 2 aromatic carbocycles. The lowest BCUT2D eigenvalue weighted by molar-refractivity contribution is 0.102. The van der Waals surface area contributed by atoms with Crippen molar-refractivity contribution >= 4 is 49.7 Å². The van der Waals surface area contributed by atoms with Crippen molar-refractivity contribution in [1.82, 2.24) is 4.98 Å². The van der Waals surface area contributed by atoms with Crippen LogP contribution in [0.15, 0.2) is 53.4 Å². The van der Waals surface area contributed by atoms with E-state index in [2.05, 4.69) is 21.9 Å². The second-order valence-electron chi connectivity index (χ2n) is 7.33. The summed E-state index contributed by atoms with van der Waals surface area (Å²) >= 11 is 7.33. The van der Waals surface area contributed by atoms with E-state index in [-0.39, 0.29) is 10.8 Å². The van der Waals surface area contributed by atoms with Crippen LogP contribution in [0.2, 0.25) is 5.02 Å². The maximum Gasteiger partial charge on any atom is 0.261 e. The number of amides is 1. The smallest absolute Gasteiger partial charge is 0.261 e. The Hall–Kier alpha value is -2.42. The monoisotopic (exact) mass is 461 g/mol. The van der Waals surface area contributed by atoms with Gasteiger partial charge in [-0.25, -0.2) is 13.4 Å². The van der Waals surface area contributed by atoms with Gasteiger partial charge in [-0.2, -0.15) is 0 Å². The van der Waals surface area contributed by atoms with Gasteiger partial charge in [-0.05, 0) is 73.7 Å². The van der Waals surface area contributed by atoms with Gasteiger partial charge >= 0.3 is 0 Å². The normalized spacial score (nSPS) is 16.0. The first kappa shape index (κ1) is 20.8. The zero-order chi connectivity index (χ0) is 21.3. The van der Waals surface area contributed by atoms with Crippen molar-refractivity contribution in [2.24, 2.45) is 5.92 Å². The fraction of sp³-hybridized carbons (Fsp3) is 0.238. The summed E-state index contributed by atoms with van der Waals surface area (Å²) in [6, 6.07) is 12.1. The minimum absolute atomic E-state index is 0.107.